The fourth-order valence-electron chi connectivity index (χ4n) is 1.72. The SMILES string of the molecule is Brc1ccc(CCNCC2COCCN2)s1. The number of thiophene rings is 1. The zero-order chi connectivity index (χ0) is 11.2. The minimum atomic E-state index is 0.476. The highest BCUT2D eigenvalue weighted by molar-refractivity contribution is 9.11. The van der Waals surface area contributed by atoms with Gasteiger partial charge in [0.05, 0.1) is 17.0 Å². The maximum atomic E-state index is 5.39. The number of morpholine rings is 1. The number of hydrogen-bond donors (Lipinski definition) is 2. The van der Waals surface area contributed by atoms with Crippen molar-refractivity contribution in [2.75, 3.05) is 32.8 Å². The molecule has 5 heteroatoms. The monoisotopic (exact) mass is 304 g/mol. The van der Waals surface area contributed by atoms with Gasteiger partial charge in [0.25, 0.3) is 0 Å². The van der Waals surface area contributed by atoms with Crippen molar-refractivity contribution >= 4 is 27.3 Å². The molecule has 2 N–H and O–H groups in total. The first-order valence-electron chi connectivity index (χ1n) is 5.60. The molecule has 2 rings (SSSR count). The molecule has 1 unspecified atom stereocenters. The van der Waals surface area contributed by atoms with Crippen LogP contribution >= 0.6 is 27.3 Å². The number of halogens is 1. The van der Waals surface area contributed by atoms with E-state index in [9.17, 15) is 0 Å². The Morgan fingerprint density at radius 2 is 2.50 bits per heavy atom. The van der Waals surface area contributed by atoms with E-state index in [1.54, 1.807) is 0 Å². The standard InChI is InChI=1S/C11H17BrN2OS/c12-11-2-1-10(16-11)3-4-13-7-9-8-15-6-5-14-9/h1-2,9,13-14H,3-8H2. The first kappa shape index (κ1) is 12.5. The summed E-state index contributed by atoms with van der Waals surface area (Å²) < 4.78 is 6.61. The second-order valence-electron chi connectivity index (χ2n) is 3.89. The second kappa shape index (κ2) is 6.71. The molecular weight excluding hydrogens is 288 g/mol. The quantitative estimate of drug-likeness (QED) is 0.811. The average Bonchev–Trinajstić information content (AvgIpc) is 2.72. The molecule has 16 heavy (non-hydrogen) atoms. The van der Waals surface area contributed by atoms with Gasteiger partial charge in [-0.05, 0) is 34.5 Å². The van der Waals surface area contributed by atoms with Gasteiger partial charge in [0.1, 0.15) is 0 Å². The van der Waals surface area contributed by atoms with E-state index in [0.717, 1.165) is 39.3 Å². The Labute approximate surface area is 109 Å². The third-order valence-corrected chi connectivity index (χ3v) is 4.25. The van der Waals surface area contributed by atoms with Crippen molar-refractivity contribution in [3.05, 3.63) is 20.8 Å². The van der Waals surface area contributed by atoms with Gasteiger partial charge in [0.15, 0.2) is 0 Å². The van der Waals surface area contributed by atoms with E-state index in [-0.39, 0.29) is 0 Å². The Morgan fingerprint density at radius 1 is 1.56 bits per heavy atom. The first-order valence-corrected chi connectivity index (χ1v) is 7.21. The molecule has 3 nitrogen and oxygen atoms in total. The molecule has 90 valence electrons. The highest BCUT2D eigenvalue weighted by atomic mass is 79.9. The molecule has 1 atom stereocenters. The molecule has 1 aliphatic rings. The number of rotatable bonds is 5. The number of nitrogens with one attached hydrogen (secondary N) is 2. The summed E-state index contributed by atoms with van der Waals surface area (Å²) >= 11 is 5.29. The molecule has 1 fully saturated rings. The molecule has 0 saturated carbocycles. The van der Waals surface area contributed by atoms with E-state index < -0.39 is 0 Å². The molecule has 0 amide bonds. The molecular formula is C11H17BrN2OS. The molecule has 1 aromatic heterocycles. The fourth-order valence-corrected chi connectivity index (χ4v) is 3.21. The Hall–Kier alpha value is 0.0600. The first-order chi connectivity index (χ1) is 7.84. The molecule has 1 aromatic rings. The Bertz CT molecular complexity index is 313. The van der Waals surface area contributed by atoms with Crippen molar-refractivity contribution in [2.24, 2.45) is 0 Å². The van der Waals surface area contributed by atoms with E-state index >= 15 is 0 Å². The lowest BCUT2D eigenvalue weighted by Gasteiger charge is -2.23. The Morgan fingerprint density at radius 3 is 3.19 bits per heavy atom. The van der Waals surface area contributed by atoms with Gasteiger partial charge in [-0.15, -0.1) is 11.3 Å². The summed E-state index contributed by atoms with van der Waals surface area (Å²) in [6.07, 6.45) is 1.10. The van der Waals surface area contributed by atoms with E-state index in [2.05, 4.69) is 38.7 Å². The van der Waals surface area contributed by atoms with Crippen molar-refractivity contribution in [2.45, 2.75) is 12.5 Å². The predicted octanol–water partition coefficient (Wildman–Crippen LogP) is 1.63. The summed E-state index contributed by atoms with van der Waals surface area (Å²) in [4.78, 5) is 1.42. The van der Waals surface area contributed by atoms with Crippen molar-refractivity contribution in [3.8, 4) is 0 Å². The highest BCUT2D eigenvalue weighted by Crippen LogP contribution is 2.21. The topological polar surface area (TPSA) is 33.3 Å². The van der Waals surface area contributed by atoms with Crippen LogP contribution in [0.3, 0.4) is 0 Å². The molecule has 0 aliphatic carbocycles. The Balaban J connectivity index is 1.57. The van der Waals surface area contributed by atoms with E-state index in [0.29, 0.717) is 6.04 Å². The van der Waals surface area contributed by atoms with Crippen LogP contribution in [-0.2, 0) is 11.2 Å². The van der Waals surface area contributed by atoms with E-state index in [1.807, 2.05) is 11.3 Å². The average molecular weight is 305 g/mol. The maximum Gasteiger partial charge on any atom is 0.0701 e. The molecule has 0 aromatic carbocycles. The van der Waals surface area contributed by atoms with Crippen LogP contribution in [-0.4, -0.2) is 38.9 Å². The van der Waals surface area contributed by atoms with E-state index in [4.69, 9.17) is 4.74 Å². The largest absolute Gasteiger partial charge is 0.378 e. The summed E-state index contributed by atoms with van der Waals surface area (Å²) in [7, 11) is 0. The summed E-state index contributed by atoms with van der Waals surface area (Å²) in [6, 6.07) is 4.76. The van der Waals surface area contributed by atoms with Crippen LogP contribution in [0.15, 0.2) is 15.9 Å². The van der Waals surface area contributed by atoms with Gasteiger partial charge in [-0.2, -0.15) is 0 Å². The number of hydrogen-bond acceptors (Lipinski definition) is 4. The van der Waals surface area contributed by atoms with Crippen LogP contribution in [0, 0.1) is 0 Å². The summed E-state index contributed by atoms with van der Waals surface area (Å²) in [6.45, 7) is 4.68. The molecule has 0 radical (unpaired) electrons. The zero-order valence-corrected chi connectivity index (χ0v) is 11.6. The molecule has 1 saturated heterocycles. The van der Waals surface area contributed by atoms with Crippen LogP contribution in [0.4, 0.5) is 0 Å². The van der Waals surface area contributed by atoms with Crippen LogP contribution in [0.2, 0.25) is 0 Å². The summed E-state index contributed by atoms with van der Waals surface area (Å²) in [5.74, 6) is 0. The van der Waals surface area contributed by atoms with Crippen molar-refractivity contribution in [3.63, 3.8) is 0 Å². The summed E-state index contributed by atoms with van der Waals surface area (Å²) in [5, 5.41) is 6.89. The van der Waals surface area contributed by atoms with Crippen LogP contribution in [0.5, 0.6) is 0 Å². The predicted molar refractivity (Wildman–Crippen MR) is 71.2 cm³/mol. The molecule has 2 heterocycles. The smallest absolute Gasteiger partial charge is 0.0701 e. The maximum absolute atomic E-state index is 5.39. The van der Waals surface area contributed by atoms with Crippen molar-refractivity contribution in [1.29, 1.82) is 0 Å². The second-order valence-corrected chi connectivity index (χ2v) is 6.43. The molecule has 1 aliphatic heterocycles. The lowest BCUT2D eigenvalue weighted by atomic mass is 10.2. The highest BCUT2D eigenvalue weighted by Gasteiger charge is 2.11. The van der Waals surface area contributed by atoms with Gasteiger partial charge >= 0.3 is 0 Å². The van der Waals surface area contributed by atoms with Crippen LogP contribution in [0.1, 0.15) is 4.88 Å². The minimum Gasteiger partial charge on any atom is -0.378 e. The molecule has 0 spiro atoms. The number of ether oxygens (including phenoxy) is 1. The van der Waals surface area contributed by atoms with Gasteiger partial charge in [-0.25, -0.2) is 0 Å². The molecule has 0 bridgehead atoms. The Kier molecular flexibility index (Phi) is 5.25. The lowest BCUT2D eigenvalue weighted by Crippen LogP contribution is -2.47. The minimum absolute atomic E-state index is 0.476. The normalized spacial score (nSPS) is 21.2. The third kappa shape index (κ3) is 4.14. The van der Waals surface area contributed by atoms with E-state index in [1.165, 1.54) is 8.66 Å². The van der Waals surface area contributed by atoms with Crippen LogP contribution < -0.4 is 10.6 Å². The van der Waals surface area contributed by atoms with Crippen molar-refractivity contribution in [1.82, 2.24) is 10.6 Å². The van der Waals surface area contributed by atoms with Gasteiger partial charge < -0.3 is 15.4 Å². The fraction of sp³-hybridized carbons (Fsp3) is 0.636. The third-order valence-electron chi connectivity index (χ3n) is 2.57. The van der Waals surface area contributed by atoms with Gasteiger partial charge in [0.2, 0.25) is 0 Å². The van der Waals surface area contributed by atoms with Gasteiger partial charge in [0, 0.05) is 30.6 Å². The van der Waals surface area contributed by atoms with Crippen molar-refractivity contribution < 1.29 is 4.74 Å². The summed E-state index contributed by atoms with van der Waals surface area (Å²) in [5.41, 5.74) is 0. The zero-order valence-electron chi connectivity index (χ0n) is 9.17. The van der Waals surface area contributed by atoms with Gasteiger partial charge in [-0.3, -0.25) is 0 Å². The lowest BCUT2D eigenvalue weighted by molar-refractivity contribution is 0.0768. The van der Waals surface area contributed by atoms with Crippen LogP contribution in [0.25, 0.3) is 0 Å². The van der Waals surface area contributed by atoms with Gasteiger partial charge in [-0.1, -0.05) is 0 Å².